The van der Waals surface area contributed by atoms with Crippen molar-refractivity contribution in [1.29, 1.82) is 0 Å². The first-order valence-corrected chi connectivity index (χ1v) is 33.7. The molecule has 0 aliphatic rings. The van der Waals surface area contributed by atoms with Gasteiger partial charge in [0.25, 0.3) is 0 Å². The number of carbonyl (C=O) groups is 3. The third-order valence-electron chi connectivity index (χ3n) is 14.6. The summed E-state index contributed by atoms with van der Waals surface area (Å²) in [4.78, 5) is 38.3. The summed E-state index contributed by atoms with van der Waals surface area (Å²) in [5.74, 6) is -0.965. The highest BCUT2D eigenvalue weighted by atomic mass is 16.6. The summed E-state index contributed by atoms with van der Waals surface area (Å²) in [5.41, 5.74) is 0. The fourth-order valence-corrected chi connectivity index (χ4v) is 9.63. The number of hydrogen-bond acceptors (Lipinski definition) is 6. The highest BCUT2D eigenvalue weighted by molar-refractivity contribution is 5.71. The minimum absolute atomic E-state index is 0.0956. The zero-order valence-electron chi connectivity index (χ0n) is 52.1. The van der Waals surface area contributed by atoms with E-state index < -0.39 is 6.10 Å². The first-order chi connectivity index (χ1) is 39.0. The van der Waals surface area contributed by atoms with E-state index in [2.05, 4.69) is 112 Å². The van der Waals surface area contributed by atoms with Gasteiger partial charge >= 0.3 is 17.9 Å². The first-order valence-electron chi connectivity index (χ1n) is 33.7. The van der Waals surface area contributed by atoms with Gasteiger partial charge in [-0.15, -0.1) is 0 Å². The molecule has 0 bridgehead atoms. The molecule has 0 saturated heterocycles. The lowest BCUT2D eigenvalue weighted by atomic mass is 10.0. The van der Waals surface area contributed by atoms with Crippen molar-refractivity contribution in [2.75, 3.05) is 13.2 Å². The van der Waals surface area contributed by atoms with Gasteiger partial charge in [0.2, 0.25) is 0 Å². The molecule has 1 atom stereocenters. The Labute approximate surface area is 489 Å². The molecule has 0 aromatic rings. The Hall–Kier alpha value is -3.67. The predicted molar refractivity (Wildman–Crippen MR) is 344 cm³/mol. The third kappa shape index (κ3) is 65.0. The number of ether oxygens (including phenoxy) is 3. The number of unbranched alkanes of at least 4 members (excludes halogenated alkanes) is 34. The molecule has 0 radical (unpaired) electrons. The Kier molecular flexibility index (Phi) is 63.7. The molecule has 79 heavy (non-hydrogen) atoms. The van der Waals surface area contributed by atoms with Gasteiger partial charge in [-0.05, 0) is 83.5 Å². The summed E-state index contributed by atoms with van der Waals surface area (Å²) >= 11 is 0. The Morgan fingerprint density at radius 2 is 0.519 bits per heavy atom. The normalized spacial score (nSPS) is 12.7. The molecule has 0 aliphatic heterocycles. The van der Waals surface area contributed by atoms with Crippen molar-refractivity contribution >= 4 is 17.9 Å². The second kappa shape index (κ2) is 66.8. The summed E-state index contributed by atoms with van der Waals surface area (Å²) in [6.07, 6.45) is 90.2. The molecule has 6 heteroatoms. The van der Waals surface area contributed by atoms with Crippen molar-refractivity contribution in [1.82, 2.24) is 0 Å². The summed E-state index contributed by atoms with van der Waals surface area (Å²) in [5, 5.41) is 0. The van der Waals surface area contributed by atoms with E-state index in [1.165, 1.54) is 193 Å². The lowest BCUT2D eigenvalue weighted by Gasteiger charge is -2.18. The molecule has 0 rings (SSSR count). The van der Waals surface area contributed by atoms with Crippen molar-refractivity contribution in [3.05, 3.63) is 97.2 Å². The molecule has 1 unspecified atom stereocenters. The van der Waals surface area contributed by atoms with E-state index >= 15 is 0 Å². The van der Waals surface area contributed by atoms with Crippen LogP contribution in [0.15, 0.2) is 97.2 Å². The van der Waals surface area contributed by atoms with E-state index in [-0.39, 0.29) is 37.5 Å². The van der Waals surface area contributed by atoms with Crippen LogP contribution >= 0.6 is 0 Å². The highest BCUT2D eigenvalue weighted by Gasteiger charge is 2.19. The van der Waals surface area contributed by atoms with Crippen molar-refractivity contribution < 1.29 is 28.6 Å². The molecule has 0 spiro atoms. The Balaban J connectivity index is 4.26. The van der Waals surface area contributed by atoms with Gasteiger partial charge in [0.05, 0.1) is 0 Å². The molecular formula is C73H126O6. The maximum Gasteiger partial charge on any atom is 0.306 e. The fourth-order valence-electron chi connectivity index (χ4n) is 9.63. The summed E-state index contributed by atoms with van der Waals surface area (Å²) < 4.78 is 16.9. The molecule has 0 N–H and O–H groups in total. The minimum atomic E-state index is -0.805. The second-order valence-corrected chi connectivity index (χ2v) is 22.3. The van der Waals surface area contributed by atoms with E-state index in [0.29, 0.717) is 19.3 Å². The Bertz CT molecular complexity index is 1540. The SMILES string of the molecule is CC/C=C\C/C=C\C/C=C\C/C=C\CCCCCCCCCCCCCCCCCCC(=O)OCC(COC(=O)CC/C=C\C/C=C\C/C=C\C/C=C\CC)OC(=O)CCCCCCCCCCCCCCCCCCCCC. The maximum atomic E-state index is 12.9. The standard InChI is InChI=1S/C73H126O6/c1-4-7-10-13-16-19-22-25-27-29-31-32-33-34-35-36-37-38-39-40-42-43-45-48-51-54-57-60-63-66-72(75)78-69-70(68-77-71(74)65-62-59-56-53-50-47-24-21-18-15-12-9-6-3)79-73(76)67-64-61-58-55-52-49-46-44-41-30-28-26-23-20-17-14-11-8-5-2/h7,9-10,12,16,18-19,21,25,27,31-32,47,50,56,59,70H,4-6,8,11,13-15,17,20,22-24,26,28-30,33-46,48-49,51-55,57-58,60-69H2,1-3H3/b10-7-,12-9-,19-16-,21-18-,27-25-,32-31-,50-47-,59-56-. The Morgan fingerprint density at radius 3 is 0.848 bits per heavy atom. The van der Waals surface area contributed by atoms with Gasteiger partial charge in [-0.1, -0.05) is 323 Å². The minimum Gasteiger partial charge on any atom is -0.462 e. The number of hydrogen-bond donors (Lipinski definition) is 0. The summed E-state index contributed by atoms with van der Waals surface area (Å²) in [6.45, 7) is 6.39. The average Bonchev–Trinajstić information content (AvgIpc) is 3.45. The van der Waals surface area contributed by atoms with Crippen molar-refractivity contribution in [2.45, 2.75) is 335 Å². The topological polar surface area (TPSA) is 78.9 Å². The van der Waals surface area contributed by atoms with Crippen LogP contribution in [0.4, 0.5) is 0 Å². The Morgan fingerprint density at radius 1 is 0.266 bits per heavy atom. The van der Waals surface area contributed by atoms with Crippen LogP contribution in [0.5, 0.6) is 0 Å². The number of allylic oxidation sites excluding steroid dienone is 16. The molecule has 0 aliphatic carbocycles. The van der Waals surface area contributed by atoms with Crippen LogP contribution in [0, 0.1) is 0 Å². The molecule has 6 nitrogen and oxygen atoms in total. The van der Waals surface area contributed by atoms with Crippen molar-refractivity contribution in [3.63, 3.8) is 0 Å². The van der Waals surface area contributed by atoms with Gasteiger partial charge in [0, 0.05) is 19.3 Å². The van der Waals surface area contributed by atoms with Crippen LogP contribution in [-0.2, 0) is 28.6 Å². The van der Waals surface area contributed by atoms with Gasteiger partial charge in [-0.3, -0.25) is 14.4 Å². The van der Waals surface area contributed by atoms with Gasteiger partial charge in [-0.25, -0.2) is 0 Å². The summed E-state index contributed by atoms with van der Waals surface area (Å²) in [6, 6.07) is 0. The first kappa shape index (κ1) is 75.3. The fraction of sp³-hybridized carbons (Fsp3) is 0.740. The quantitative estimate of drug-likeness (QED) is 0.0261. The number of esters is 3. The molecule has 454 valence electrons. The van der Waals surface area contributed by atoms with Crippen molar-refractivity contribution in [2.24, 2.45) is 0 Å². The van der Waals surface area contributed by atoms with Crippen LogP contribution in [-0.4, -0.2) is 37.2 Å². The van der Waals surface area contributed by atoms with Crippen LogP contribution in [0.3, 0.4) is 0 Å². The second-order valence-electron chi connectivity index (χ2n) is 22.3. The monoisotopic (exact) mass is 1100 g/mol. The van der Waals surface area contributed by atoms with Crippen LogP contribution in [0.2, 0.25) is 0 Å². The molecule has 0 saturated carbocycles. The van der Waals surface area contributed by atoms with Gasteiger partial charge in [0.15, 0.2) is 6.10 Å². The van der Waals surface area contributed by atoms with Gasteiger partial charge < -0.3 is 14.2 Å². The van der Waals surface area contributed by atoms with E-state index in [9.17, 15) is 14.4 Å². The number of carbonyl (C=O) groups excluding carboxylic acids is 3. The smallest absolute Gasteiger partial charge is 0.306 e. The number of rotatable bonds is 61. The molecule has 0 aromatic carbocycles. The lowest BCUT2D eigenvalue weighted by Crippen LogP contribution is -2.30. The molecule has 0 fully saturated rings. The largest absolute Gasteiger partial charge is 0.462 e. The zero-order chi connectivity index (χ0) is 57.1. The van der Waals surface area contributed by atoms with E-state index in [0.717, 1.165) is 89.9 Å². The van der Waals surface area contributed by atoms with Crippen molar-refractivity contribution in [3.8, 4) is 0 Å². The molecule has 0 heterocycles. The van der Waals surface area contributed by atoms with Crippen LogP contribution in [0.25, 0.3) is 0 Å². The van der Waals surface area contributed by atoms with Crippen LogP contribution < -0.4 is 0 Å². The van der Waals surface area contributed by atoms with Gasteiger partial charge in [0.1, 0.15) is 13.2 Å². The maximum absolute atomic E-state index is 12.9. The lowest BCUT2D eigenvalue weighted by molar-refractivity contribution is -0.166. The third-order valence-corrected chi connectivity index (χ3v) is 14.6. The zero-order valence-corrected chi connectivity index (χ0v) is 52.1. The van der Waals surface area contributed by atoms with E-state index in [4.69, 9.17) is 14.2 Å². The molecule has 0 aromatic heterocycles. The van der Waals surface area contributed by atoms with E-state index in [1.807, 2.05) is 6.08 Å². The summed E-state index contributed by atoms with van der Waals surface area (Å²) in [7, 11) is 0. The molecular weight excluding hydrogens is 973 g/mol. The predicted octanol–water partition coefficient (Wildman–Crippen LogP) is 23.2. The van der Waals surface area contributed by atoms with Crippen LogP contribution in [0.1, 0.15) is 329 Å². The van der Waals surface area contributed by atoms with Gasteiger partial charge in [-0.2, -0.15) is 0 Å². The molecule has 0 amide bonds. The highest BCUT2D eigenvalue weighted by Crippen LogP contribution is 2.18. The average molecular weight is 1100 g/mol. The van der Waals surface area contributed by atoms with E-state index in [1.54, 1.807) is 0 Å².